The lowest BCUT2D eigenvalue weighted by Crippen LogP contribution is -2.40. The first-order valence-corrected chi connectivity index (χ1v) is 12.0. The van der Waals surface area contributed by atoms with Crippen molar-refractivity contribution in [3.05, 3.63) is 81.9 Å². The van der Waals surface area contributed by atoms with Crippen LogP contribution in [0.3, 0.4) is 0 Å². The number of carboxylic acid groups (broad SMARTS) is 1. The molecule has 0 fully saturated rings. The Labute approximate surface area is 220 Å². The fourth-order valence-electron chi connectivity index (χ4n) is 4.46. The number of anilines is 1. The van der Waals surface area contributed by atoms with Crippen LogP contribution in [0.5, 0.6) is 17.2 Å². The Kier molecular flexibility index (Phi) is 7.90. The molecular formula is C28H28ClNO7. The molecule has 0 saturated heterocycles. The summed E-state index contributed by atoms with van der Waals surface area (Å²) < 4.78 is 22.7. The van der Waals surface area contributed by atoms with Gasteiger partial charge < -0.3 is 29.0 Å². The minimum absolute atomic E-state index is 0.109. The van der Waals surface area contributed by atoms with Crippen LogP contribution >= 0.6 is 11.6 Å². The molecule has 1 amide bonds. The molecule has 2 atom stereocenters. The van der Waals surface area contributed by atoms with Crippen LogP contribution in [0, 0.1) is 6.92 Å². The van der Waals surface area contributed by atoms with Crippen molar-refractivity contribution in [2.24, 2.45) is 0 Å². The van der Waals surface area contributed by atoms with Crippen LogP contribution in [0.1, 0.15) is 34.8 Å². The van der Waals surface area contributed by atoms with Gasteiger partial charge in [-0.2, -0.15) is 0 Å². The number of carboxylic acids is 1. The summed E-state index contributed by atoms with van der Waals surface area (Å²) in [6, 6.07) is 16.1. The van der Waals surface area contributed by atoms with Crippen LogP contribution in [0.15, 0.2) is 54.6 Å². The van der Waals surface area contributed by atoms with Crippen molar-refractivity contribution in [3.63, 3.8) is 0 Å². The molecule has 2 unspecified atom stereocenters. The Morgan fingerprint density at radius 1 is 0.973 bits per heavy atom. The topological polar surface area (TPSA) is 94.5 Å². The summed E-state index contributed by atoms with van der Waals surface area (Å²) in [6.45, 7) is 2.05. The van der Waals surface area contributed by atoms with Crippen LogP contribution in [0.2, 0.25) is 5.02 Å². The molecule has 0 saturated carbocycles. The predicted octanol–water partition coefficient (Wildman–Crippen LogP) is 5.17. The van der Waals surface area contributed by atoms with E-state index in [1.54, 1.807) is 50.6 Å². The van der Waals surface area contributed by atoms with Crippen molar-refractivity contribution in [2.45, 2.75) is 32.1 Å². The highest BCUT2D eigenvalue weighted by Crippen LogP contribution is 2.43. The van der Waals surface area contributed by atoms with Crippen LogP contribution < -0.4 is 19.1 Å². The minimum Gasteiger partial charge on any atom is -0.497 e. The standard InChI is InChI=1S/C28H28ClNO7/c1-16-5-9-20(24(11-16)36-4)27-21-12-18(29)7-10-22(21)30(28(33)25(37-27)14-26(31)32)15-17-6-8-19(34-2)13-23(17)35-3/h5-13,25,27H,14-15H2,1-4H3,(H,31,32). The number of fused-ring (bicyclic) bond motifs is 1. The number of ether oxygens (including phenoxy) is 4. The number of nitrogens with zero attached hydrogens (tertiary/aromatic N) is 1. The Morgan fingerprint density at radius 3 is 2.41 bits per heavy atom. The largest absolute Gasteiger partial charge is 0.497 e. The van der Waals surface area contributed by atoms with E-state index in [2.05, 4.69) is 0 Å². The zero-order valence-corrected chi connectivity index (χ0v) is 21.7. The lowest BCUT2D eigenvalue weighted by molar-refractivity contribution is -0.147. The summed E-state index contributed by atoms with van der Waals surface area (Å²) in [5.41, 5.74) is 3.50. The molecule has 1 aliphatic heterocycles. The molecule has 1 heterocycles. The minimum atomic E-state index is -1.26. The van der Waals surface area contributed by atoms with Gasteiger partial charge in [0.25, 0.3) is 5.91 Å². The van der Waals surface area contributed by atoms with E-state index in [-0.39, 0.29) is 6.54 Å². The first-order valence-electron chi connectivity index (χ1n) is 11.6. The third-order valence-electron chi connectivity index (χ3n) is 6.26. The molecule has 9 heteroatoms. The lowest BCUT2D eigenvalue weighted by atomic mass is 9.97. The molecule has 8 nitrogen and oxygen atoms in total. The molecule has 3 aromatic rings. The number of carbonyl (C=O) groups is 2. The number of rotatable bonds is 8. The van der Waals surface area contributed by atoms with Crippen molar-refractivity contribution in [3.8, 4) is 17.2 Å². The fourth-order valence-corrected chi connectivity index (χ4v) is 4.64. The van der Waals surface area contributed by atoms with Gasteiger partial charge >= 0.3 is 5.97 Å². The van der Waals surface area contributed by atoms with Crippen LogP contribution in [0.4, 0.5) is 5.69 Å². The number of amides is 1. The highest BCUT2D eigenvalue weighted by molar-refractivity contribution is 6.30. The van der Waals surface area contributed by atoms with E-state index in [0.29, 0.717) is 44.6 Å². The molecule has 1 N–H and O–H groups in total. The summed E-state index contributed by atoms with van der Waals surface area (Å²) >= 11 is 6.41. The second-order valence-corrected chi connectivity index (χ2v) is 9.09. The van der Waals surface area contributed by atoms with Gasteiger partial charge in [-0.3, -0.25) is 9.59 Å². The van der Waals surface area contributed by atoms with Crippen LogP contribution in [-0.4, -0.2) is 44.4 Å². The quantitative estimate of drug-likeness (QED) is 0.433. The number of aliphatic carboxylic acids is 1. The third-order valence-corrected chi connectivity index (χ3v) is 6.49. The Bertz CT molecular complexity index is 1330. The van der Waals surface area contributed by atoms with E-state index >= 15 is 0 Å². The zero-order valence-electron chi connectivity index (χ0n) is 21.0. The molecule has 0 radical (unpaired) electrons. The molecule has 0 aromatic heterocycles. The Morgan fingerprint density at radius 2 is 1.73 bits per heavy atom. The van der Waals surface area contributed by atoms with Crippen LogP contribution in [-0.2, 0) is 20.9 Å². The highest BCUT2D eigenvalue weighted by atomic mass is 35.5. The van der Waals surface area contributed by atoms with E-state index in [4.69, 9.17) is 30.5 Å². The normalized spacial score (nSPS) is 17.1. The van der Waals surface area contributed by atoms with Gasteiger partial charge in [0, 0.05) is 27.8 Å². The number of hydrogen-bond donors (Lipinski definition) is 1. The first-order chi connectivity index (χ1) is 17.7. The summed E-state index contributed by atoms with van der Waals surface area (Å²) in [6.07, 6.45) is -2.58. The molecule has 194 valence electrons. The molecule has 3 aromatic carbocycles. The second-order valence-electron chi connectivity index (χ2n) is 8.65. The second kappa shape index (κ2) is 11.1. The molecule has 0 bridgehead atoms. The van der Waals surface area contributed by atoms with Gasteiger partial charge in [-0.05, 0) is 48.9 Å². The average Bonchev–Trinajstić information content (AvgIpc) is 2.98. The maximum absolute atomic E-state index is 13.8. The van der Waals surface area contributed by atoms with Crippen molar-refractivity contribution in [1.29, 1.82) is 0 Å². The maximum atomic E-state index is 13.8. The van der Waals surface area contributed by atoms with Crippen molar-refractivity contribution in [2.75, 3.05) is 26.2 Å². The van der Waals surface area contributed by atoms with Gasteiger partial charge in [0.15, 0.2) is 0 Å². The van der Waals surface area contributed by atoms with Gasteiger partial charge in [-0.1, -0.05) is 23.7 Å². The predicted molar refractivity (Wildman–Crippen MR) is 139 cm³/mol. The van der Waals surface area contributed by atoms with Gasteiger partial charge in [0.1, 0.15) is 29.5 Å². The molecule has 0 aliphatic carbocycles. The lowest BCUT2D eigenvalue weighted by Gasteiger charge is -2.26. The number of methoxy groups -OCH3 is 3. The van der Waals surface area contributed by atoms with Gasteiger partial charge in [0.2, 0.25) is 0 Å². The number of carbonyl (C=O) groups excluding carboxylic acids is 1. The first kappa shape index (κ1) is 26.3. The zero-order chi connectivity index (χ0) is 26.7. The van der Waals surface area contributed by atoms with E-state index in [1.807, 2.05) is 25.1 Å². The van der Waals surface area contributed by atoms with Crippen LogP contribution in [0.25, 0.3) is 0 Å². The van der Waals surface area contributed by atoms with Gasteiger partial charge in [0.05, 0.1) is 40.0 Å². The summed E-state index contributed by atoms with van der Waals surface area (Å²) in [5.74, 6) is 0.0482. The molecule has 37 heavy (non-hydrogen) atoms. The van der Waals surface area contributed by atoms with Crippen molar-refractivity contribution >= 4 is 29.2 Å². The number of benzene rings is 3. The molecule has 1 aliphatic rings. The molecule has 4 rings (SSSR count). The van der Waals surface area contributed by atoms with E-state index in [1.165, 1.54) is 12.0 Å². The molecular weight excluding hydrogens is 498 g/mol. The maximum Gasteiger partial charge on any atom is 0.306 e. The van der Waals surface area contributed by atoms with E-state index in [0.717, 1.165) is 5.56 Å². The van der Waals surface area contributed by atoms with Gasteiger partial charge in [-0.15, -0.1) is 0 Å². The Hall–Kier alpha value is -3.75. The Balaban J connectivity index is 1.90. The molecule has 0 spiro atoms. The summed E-state index contributed by atoms with van der Waals surface area (Å²) in [5, 5.41) is 10.1. The smallest absolute Gasteiger partial charge is 0.306 e. The monoisotopic (exact) mass is 525 g/mol. The fraction of sp³-hybridized carbons (Fsp3) is 0.286. The van der Waals surface area contributed by atoms with E-state index < -0.39 is 30.5 Å². The van der Waals surface area contributed by atoms with Crippen molar-refractivity contribution < 1.29 is 33.6 Å². The number of hydrogen-bond acceptors (Lipinski definition) is 6. The number of aryl methyl sites for hydroxylation is 1. The summed E-state index contributed by atoms with van der Waals surface area (Å²) in [7, 11) is 4.64. The van der Waals surface area contributed by atoms with Gasteiger partial charge in [-0.25, -0.2) is 0 Å². The van der Waals surface area contributed by atoms with E-state index in [9.17, 15) is 14.7 Å². The highest BCUT2D eigenvalue weighted by Gasteiger charge is 2.39. The SMILES string of the molecule is COc1ccc(CN2C(=O)C(CC(=O)O)OC(c3ccc(C)cc3OC)c3cc(Cl)ccc32)c(OC)c1. The average molecular weight is 526 g/mol. The number of halogens is 1. The summed E-state index contributed by atoms with van der Waals surface area (Å²) in [4.78, 5) is 27.1. The van der Waals surface area contributed by atoms with Crippen molar-refractivity contribution in [1.82, 2.24) is 0 Å². The third kappa shape index (κ3) is 5.50.